The summed E-state index contributed by atoms with van der Waals surface area (Å²) in [5, 5.41) is 0.128. The van der Waals surface area contributed by atoms with Gasteiger partial charge in [0.1, 0.15) is 0 Å². The molecule has 0 saturated carbocycles. The van der Waals surface area contributed by atoms with Crippen LogP contribution in [0.3, 0.4) is 0 Å². The van der Waals surface area contributed by atoms with Crippen LogP contribution in [-0.2, 0) is 9.59 Å². The lowest BCUT2D eigenvalue weighted by molar-refractivity contribution is -0.107. The summed E-state index contributed by atoms with van der Waals surface area (Å²) in [5.74, 6) is 6.55. The third kappa shape index (κ3) is 12.6. The molecular formula is C24H34O2S8. The Hall–Kier alpha value is 1.10. The number of hydrogen-bond acceptors (Lipinski definition) is 10. The number of carbonyl (C=O) groups excluding carboxylic acids is 2. The van der Waals surface area contributed by atoms with Crippen molar-refractivity contribution in [3.05, 3.63) is 44.9 Å². The van der Waals surface area contributed by atoms with Gasteiger partial charge in [0.05, 0.1) is 9.16 Å². The molecule has 0 spiro atoms. The van der Waals surface area contributed by atoms with Crippen molar-refractivity contribution < 1.29 is 9.59 Å². The Balaban J connectivity index is 1.41. The van der Waals surface area contributed by atoms with Gasteiger partial charge in [-0.3, -0.25) is 9.59 Å². The van der Waals surface area contributed by atoms with Gasteiger partial charge in [-0.15, -0.1) is 47.0 Å². The lowest BCUT2D eigenvalue weighted by Gasteiger charge is -2.09. The maximum absolute atomic E-state index is 11.4. The van der Waals surface area contributed by atoms with E-state index in [9.17, 15) is 9.59 Å². The molecule has 0 N–H and O–H groups in total. The molecule has 10 heteroatoms. The van der Waals surface area contributed by atoms with Gasteiger partial charge in [0.2, 0.25) is 10.2 Å². The second kappa shape index (κ2) is 18.4. The van der Waals surface area contributed by atoms with Crippen LogP contribution < -0.4 is 0 Å². The Morgan fingerprint density at radius 1 is 0.735 bits per heavy atom. The Morgan fingerprint density at radius 2 is 1.15 bits per heavy atom. The van der Waals surface area contributed by atoms with Gasteiger partial charge in [-0.05, 0) is 73.0 Å². The molecule has 2 heterocycles. The summed E-state index contributed by atoms with van der Waals surface area (Å²) in [5.41, 5.74) is 0. The normalized spacial score (nSPS) is 20.3. The van der Waals surface area contributed by atoms with E-state index in [0.29, 0.717) is 9.16 Å². The minimum absolute atomic E-state index is 0.0639. The predicted octanol–water partition coefficient (Wildman–Crippen LogP) is 8.98. The number of thioether (sulfide) groups is 8. The molecule has 0 amide bonds. The SMILES string of the molecule is C=CC(=O)SCC1=C(C)SC(CCCSCCSCCCC2SC(C)=C(CSC(=O)C=C)S2)S1. The predicted molar refractivity (Wildman–Crippen MR) is 172 cm³/mol. The molecule has 0 saturated heterocycles. The summed E-state index contributed by atoms with van der Waals surface area (Å²) in [6.07, 6.45) is 7.81. The zero-order chi connectivity index (χ0) is 24.8. The Labute approximate surface area is 240 Å². The van der Waals surface area contributed by atoms with Gasteiger partial charge in [-0.1, -0.05) is 36.7 Å². The highest BCUT2D eigenvalue weighted by atomic mass is 32.2. The van der Waals surface area contributed by atoms with Crippen LogP contribution in [0.15, 0.2) is 44.9 Å². The van der Waals surface area contributed by atoms with Gasteiger partial charge in [0.25, 0.3) is 0 Å². The van der Waals surface area contributed by atoms with Gasteiger partial charge in [-0.2, -0.15) is 23.5 Å². The minimum atomic E-state index is 0.0639. The zero-order valence-corrected chi connectivity index (χ0v) is 26.4. The molecule has 2 unspecified atom stereocenters. The molecule has 0 aromatic heterocycles. The minimum Gasteiger partial charge on any atom is -0.282 e. The molecule has 2 aliphatic heterocycles. The Bertz CT molecular complexity index is 713. The van der Waals surface area contributed by atoms with Gasteiger partial charge in [-0.25, -0.2) is 0 Å². The van der Waals surface area contributed by atoms with E-state index in [0.717, 1.165) is 11.5 Å². The lowest BCUT2D eigenvalue weighted by atomic mass is 10.4. The summed E-state index contributed by atoms with van der Waals surface area (Å²) >= 11 is 14.8. The molecule has 0 aromatic carbocycles. The average Bonchev–Trinajstić information content (AvgIpc) is 3.37. The molecule has 0 aliphatic carbocycles. The summed E-state index contributed by atoms with van der Waals surface area (Å²) < 4.78 is 1.24. The van der Waals surface area contributed by atoms with E-state index in [4.69, 9.17) is 0 Å². The smallest absolute Gasteiger partial charge is 0.211 e. The van der Waals surface area contributed by atoms with Gasteiger partial charge >= 0.3 is 0 Å². The van der Waals surface area contributed by atoms with E-state index >= 15 is 0 Å². The van der Waals surface area contributed by atoms with Crippen LogP contribution in [0.4, 0.5) is 0 Å². The van der Waals surface area contributed by atoms with Crippen molar-refractivity contribution in [2.45, 2.75) is 48.7 Å². The topological polar surface area (TPSA) is 34.1 Å². The van der Waals surface area contributed by atoms with Crippen molar-refractivity contribution >= 4 is 104 Å². The Kier molecular flexibility index (Phi) is 16.9. The molecule has 2 rings (SSSR count). The van der Waals surface area contributed by atoms with Gasteiger partial charge in [0, 0.05) is 32.8 Å². The largest absolute Gasteiger partial charge is 0.282 e. The van der Waals surface area contributed by atoms with Crippen LogP contribution in [0, 0.1) is 0 Å². The van der Waals surface area contributed by atoms with Crippen molar-refractivity contribution in [1.82, 2.24) is 0 Å². The molecular weight excluding hydrogens is 577 g/mol. The highest BCUT2D eigenvalue weighted by Gasteiger charge is 2.24. The van der Waals surface area contributed by atoms with Crippen molar-refractivity contribution in [1.29, 1.82) is 0 Å². The number of carbonyl (C=O) groups is 2. The molecule has 0 bridgehead atoms. The summed E-state index contributed by atoms with van der Waals surface area (Å²) in [7, 11) is 0. The van der Waals surface area contributed by atoms with Gasteiger partial charge < -0.3 is 0 Å². The number of allylic oxidation sites excluding steroid dienone is 2. The highest BCUT2D eigenvalue weighted by molar-refractivity contribution is 8.25. The first-order valence-electron chi connectivity index (χ1n) is 11.2. The van der Waals surface area contributed by atoms with E-state index in [-0.39, 0.29) is 10.2 Å². The van der Waals surface area contributed by atoms with E-state index in [1.807, 2.05) is 47.0 Å². The summed E-state index contributed by atoms with van der Waals surface area (Å²) in [4.78, 5) is 28.4. The van der Waals surface area contributed by atoms with Crippen LogP contribution in [0.1, 0.15) is 39.5 Å². The summed E-state index contributed by atoms with van der Waals surface area (Å²) in [6.45, 7) is 11.5. The quantitative estimate of drug-likeness (QED) is 0.118. The van der Waals surface area contributed by atoms with Crippen LogP contribution in [0.5, 0.6) is 0 Å². The highest BCUT2D eigenvalue weighted by Crippen LogP contribution is 2.49. The molecule has 0 radical (unpaired) electrons. The standard InChI is InChI=1S/C24H34O2S8/c1-5-21(25)29-15-19-17(3)31-23(33-19)9-7-11-27-13-14-28-12-8-10-24-32-18(4)20(34-24)16-30-22(26)6-2/h5-6,23-24H,1-2,7-16H2,3-4H3. The first kappa shape index (κ1) is 31.3. The maximum atomic E-state index is 11.4. The number of hydrogen-bond donors (Lipinski definition) is 0. The van der Waals surface area contributed by atoms with Crippen LogP contribution in [-0.4, -0.2) is 53.9 Å². The second-order valence-electron chi connectivity index (χ2n) is 7.42. The van der Waals surface area contributed by atoms with E-state index < -0.39 is 0 Å². The fourth-order valence-electron chi connectivity index (χ4n) is 2.98. The van der Waals surface area contributed by atoms with E-state index in [1.165, 1.54) is 104 Å². The first-order chi connectivity index (χ1) is 16.4. The molecule has 0 fully saturated rings. The van der Waals surface area contributed by atoms with Crippen molar-refractivity contribution in [2.24, 2.45) is 0 Å². The molecule has 2 atom stereocenters. The molecule has 190 valence electrons. The first-order valence-corrected chi connectivity index (χ1v) is 19.0. The van der Waals surface area contributed by atoms with Crippen molar-refractivity contribution in [3.8, 4) is 0 Å². The van der Waals surface area contributed by atoms with Crippen LogP contribution in [0.25, 0.3) is 0 Å². The van der Waals surface area contributed by atoms with Crippen LogP contribution >= 0.6 is 94.1 Å². The summed E-state index contributed by atoms with van der Waals surface area (Å²) in [6, 6.07) is 0. The molecule has 0 aromatic rings. The molecule has 34 heavy (non-hydrogen) atoms. The van der Waals surface area contributed by atoms with Crippen molar-refractivity contribution in [3.63, 3.8) is 0 Å². The zero-order valence-electron chi connectivity index (χ0n) is 19.9. The maximum Gasteiger partial charge on any atom is 0.211 e. The van der Waals surface area contributed by atoms with E-state index in [2.05, 4.69) is 50.5 Å². The number of rotatable bonds is 17. The molecule has 2 aliphatic rings. The van der Waals surface area contributed by atoms with Crippen molar-refractivity contribution in [2.75, 3.05) is 34.5 Å². The van der Waals surface area contributed by atoms with E-state index in [1.54, 1.807) is 0 Å². The Morgan fingerprint density at radius 3 is 1.53 bits per heavy atom. The second-order valence-corrected chi connectivity index (χ2v) is 17.9. The average molecular weight is 611 g/mol. The fraction of sp³-hybridized carbons (Fsp3) is 0.583. The lowest BCUT2D eigenvalue weighted by Crippen LogP contribution is -1.97. The third-order valence-corrected chi connectivity index (χ3v) is 15.4. The van der Waals surface area contributed by atoms with Gasteiger partial charge in [0.15, 0.2) is 0 Å². The molecule has 2 nitrogen and oxygen atoms in total. The van der Waals surface area contributed by atoms with Crippen LogP contribution in [0.2, 0.25) is 0 Å². The monoisotopic (exact) mass is 610 g/mol. The third-order valence-electron chi connectivity index (χ3n) is 4.80. The fourth-order valence-corrected chi connectivity index (χ4v) is 13.2.